The number of piperidine rings is 1. The summed E-state index contributed by atoms with van der Waals surface area (Å²) in [6.45, 7) is 1.73. The van der Waals surface area contributed by atoms with E-state index in [2.05, 4.69) is 12.1 Å². The minimum Gasteiger partial charge on any atom is -0.370 e. The van der Waals surface area contributed by atoms with E-state index >= 15 is 0 Å². The van der Waals surface area contributed by atoms with Crippen molar-refractivity contribution in [2.24, 2.45) is 5.73 Å². The second-order valence-electron chi connectivity index (χ2n) is 5.58. The van der Waals surface area contributed by atoms with Crippen LogP contribution >= 0.6 is 36.2 Å². The number of carbonyl (C=O) groups is 1. The molecular formula is C16H23Cl2N3O2S. The standard InChI is InChI=1S/C16H21N3O2S.2ClH/c1-21-13(10-17)16(20)19-8-6-11(7-9-19)15-18-12-4-2-3-5-14(12)22-15;;/h2-5,11,13H,6-10,17H2,1H3;2*1H. The molecule has 2 aromatic rings. The number of aromatic nitrogens is 1. The number of nitrogens with two attached hydrogens (primary N) is 1. The van der Waals surface area contributed by atoms with Crippen LogP contribution in [0.25, 0.3) is 10.2 Å². The first kappa shape index (κ1) is 21.1. The Morgan fingerprint density at radius 3 is 2.62 bits per heavy atom. The van der Waals surface area contributed by atoms with E-state index in [1.165, 1.54) is 16.8 Å². The van der Waals surface area contributed by atoms with Crippen LogP contribution in [0.4, 0.5) is 0 Å². The Bertz CT molecular complexity index is 623. The van der Waals surface area contributed by atoms with Crippen molar-refractivity contribution in [3.8, 4) is 0 Å². The summed E-state index contributed by atoms with van der Waals surface area (Å²) in [4.78, 5) is 18.9. The topological polar surface area (TPSA) is 68.5 Å². The highest BCUT2D eigenvalue weighted by atomic mass is 35.5. The number of carbonyl (C=O) groups excluding carboxylic acids is 1. The molecule has 24 heavy (non-hydrogen) atoms. The Morgan fingerprint density at radius 2 is 2.04 bits per heavy atom. The predicted octanol–water partition coefficient (Wildman–Crippen LogP) is 2.82. The van der Waals surface area contributed by atoms with Gasteiger partial charge in [0.1, 0.15) is 6.10 Å². The van der Waals surface area contributed by atoms with Gasteiger partial charge in [0, 0.05) is 32.7 Å². The van der Waals surface area contributed by atoms with Crippen molar-refractivity contribution in [3.05, 3.63) is 29.3 Å². The van der Waals surface area contributed by atoms with Gasteiger partial charge >= 0.3 is 0 Å². The van der Waals surface area contributed by atoms with Crippen molar-refractivity contribution in [2.75, 3.05) is 26.7 Å². The van der Waals surface area contributed by atoms with E-state index in [9.17, 15) is 4.79 Å². The van der Waals surface area contributed by atoms with Crippen LogP contribution < -0.4 is 5.73 Å². The maximum atomic E-state index is 12.3. The highest BCUT2D eigenvalue weighted by Gasteiger charge is 2.29. The van der Waals surface area contributed by atoms with Gasteiger partial charge in [0.05, 0.1) is 15.2 Å². The van der Waals surface area contributed by atoms with Gasteiger partial charge in [-0.05, 0) is 25.0 Å². The summed E-state index contributed by atoms with van der Waals surface area (Å²) in [5, 5.41) is 1.19. The van der Waals surface area contributed by atoms with Gasteiger partial charge in [-0.1, -0.05) is 12.1 Å². The number of thiazole rings is 1. The van der Waals surface area contributed by atoms with E-state index in [1.807, 2.05) is 17.0 Å². The average Bonchev–Trinajstić information content (AvgIpc) is 3.00. The molecule has 3 rings (SSSR count). The third-order valence-electron chi connectivity index (χ3n) is 4.24. The zero-order valence-corrected chi connectivity index (χ0v) is 16.0. The lowest BCUT2D eigenvalue weighted by Gasteiger charge is -2.33. The highest BCUT2D eigenvalue weighted by Crippen LogP contribution is 2.33. The second kappa shape index (κ2) is 9.53. The molecule has 5 nitrogen and oxygen atoms in total. The summed E-state index contributed by atoms with van der Waals surface area (Å²) >= 11 is 1.77. The number of para-hydroxylation sites is 1. The summed E-state index contributed by atoms with van der Waals surface area (Å²) in [6.07, 6.45) is 1.39. The minimum atomic E-state index is -0.515. The molecule has 0 bridgehead atoms. The van der Waals surface area contributed by atoms with E-state index in [0.717, 1.165) is 31.4 Å². The van der Waals surface area contributed by atoms with E-state index in [-0.39, 0.29) is 37.3 Å². The summed E-state index contributed by atoms with van der Waals surface area (Å²) in [5.74, 6) is 0.452. The number of nitrogens with zero attached hydrogens (tertiary/aromatic N) is 2. The Labute approximate surface area is 158 Å². The van der Waals surface area contributed by atoms with E-state index < -0.39 is 6.10 Å². The number of likely N-dealkylation sites (tertiary alicyclic amines) is 1. The van der Waals surface area contributed by atoms with Crippen LogP contribution in [0.15, 0.2) is 24.3 Å². The van der Waals surface area contributed by atoms with Gasteiger partial charge in [0.2, 0.25) is 0 Å². The first-order valence-electron chi connectivity index (χ1n) is 7.60. The third-order valence-corrected chi connectivity index (χ3v) is 5.44. The van der Waals surface area contributed by atoms with Gasteiger partial charge in [-0.25, -0.2) is 4.98 Å². The molecule has 1 saturated heterocycles. The molecule has 1 unspecified atom stereocenters. The molecule has 8 heteroatoms. The van der Waals surface area contributed by atoms with Crippen molar-refractivity contribution in [2.45, 2.75) is 24.9 Å². The maximum Gasteiger partial charge on any atom is 0.253 e. The number of halogens is 2. The number of amides is 1. The molecule has 1 amide bonds. The molecule has 0 aliphatic carbocycles. The number of fused-ring (bicyclic) bond motifs is 1. The molecule has 1 atom stereocenters. The van der Waals surface area contributed by atoms with E-state index in [0.29, 0.717) is 5.92 Å². The van der Waals surface area contributed by atoms with Gasteiger partial charge in [0.25, 0.3) is 5.91 Å². The molecule has 134 valence electrons. The van der Waals surface area contributed by atoms with Crippen LogP contribution in [0.5, 0.6) is 0 Å². The molecule has 2 heterocycles. The lowest BCUT2D eigenvalue weighted by molar-refractivity contribution is -0.142. The fraction of sp³-hybridized carbons (Fsp3) is 0.500. The number of hydrogen-bond acceptors (Lipinski definition) is 5. The zero-order valence-electron chi connectivity index (χ0n) is 13.5. The molecule has 1 aromatic carbocycles. The van der Waals surface area contributed by atoms with Gasteiger partial charge < -0.3 is 15.4 Å². The van der Waals surface area contributed by atoms with Crippen molar-refractivity contribution in [3.63, 3.8) is 0 Å². The number of rotatable bonds is 4. The van der Waals surface area contributed by atoms with Crippen molar-refractivity contribution in [1.82, 2.24) is 9.88 Å². The molecule has 0 spiro atoms. The van der Waals surface area contributed by atoms with Gasteiger partial charge in [-0.3, -0.25) is 4.79 Å². The zero-order chi connectivity index (χ0) is 15.5. The number of hydrogen-bond donors (Lipinski definition) is 1. The quantitative estimate of drug-likeness (QED) is 0.869. The van der Waals surface area contributed by atoms with E-state index in [1.54, 1.807) is 11.3 Å². The van der Waals surface area contributed by atoms with E-state index in [4.69, 9.17) is 15.5 Å². The Balaban J connectivity index is 0.00000144. The van der Waals surface area contributed by atoms with Crippen LogP contribution in [0.3, 0.4) is 0 Å². The molecule has 0 radical (unpaired) electrons. The first-order valence-corrected chi connectivity index (χ1v) is 8.41. The van der Waals surface area contributed by atoms with Crippen LogP contribution in [-0.4, -0.2) is 48.6 Å². The minimum absolute atomic E-state index is 0. The van der Waals surface area contributed by atoms with Crippen LogP contribution in [0.1, 0.15) is 23.8 Å². The fourth-order valence-electron chi connectivity index (χ4n) is 2.91. The summed E-state index contributed by atoms with van der Waals surface area (Å²) in [7, 11) is 1.53. The van der Waals surface area contributed by atoms with Crippen LogP contribution in [0, 0.1) is 0 Å². The molecular weight excluding hydrogens is 369 g/mol. The van der Waals surface area contributed by atoms with Crippen LogP contribution in [0.2, 0.25) is 0 Å². The maximum absolute atomic E-state index is 12.3. The van der Waals surface area contributed by atoms with Gasteiger partial charge in [0.15, 0.2) is 0 Å². The first-order chi connectivity index (χ1) is 10.7. The average molecular weight is 392 g/mol. The smallest absolute Gasteiger partial charge is 0.253 e. The van der Waals surface area contributed by atoms with Crippen molar-refractivity contribution < 1.29 is 9.53 Å². The summed E-state index contributed by atoms with van der Waals surface area (Å²) in [5.41, 5.74) is 6.64. The molecule has 1 aliphatic rings. The Kier molecular flexibility index (Phi) is 8.39. The normalized spacial score (nSPS) is 16.3. The third kappa shape index (κ3) is 4.37. The summed E-state index contributed by atoms with van der Waals surface area (Å²) in [6, 6.07) is 8.23. The second-order valence-corrected chi connectivity index (χ2v) is 6.64. The predicted molar refractivity (Wildman–Crippen MR) is 103 cm³/mol. The molecule has 1 aliphatic heterocycles. The molecule has 0 saturated carbocycles. The Hall–Kier alpha value is -0.920. The van der Waals surface area contributed by atoms with Gasteiger partial charge in [-0.2, -0.15) is 0 Å². The number of methoxy groups -OCH3 is 1. The Morgan fingerprint density at radius 1 is 1.38 bits per heavy atom. The molecule has 1 aromatic heterocycles. The monoisotopic (exact) mass is 391 g/mol. The number of ether oxygens (including phenoxy) is 1. The largest absolute Gasteiger partial charge is 0.370 e. The summed E-state index contributed by atoms with van der Waals surface area (Å²) < 4.78 is 6.37. The van der Waals surface area contributed by atoms with Crippen molar-refractivity contribution >= 4 is 52.3 Å². The molecule has 2 N–H and O–H groups in total. The number of benzene rings is 1. The molecule has 1 fully saturated rings. The fourth-order valence-corrected chi connectivity index (χ4v) is 4.05. The lowest BCUT2D eigenvalue weighted by atomic mass is 9.97. The van der Waals surface area contributed by atoms with Gasteiger partial charge in [-0.15, -0.1) is 36.2 Å². The SMILES string of the molecule is COC(CN)C(=O)N1CCC(c2nc3ccccc3s2)CC1.Cl.Cl. The van der Waals surface area contributed by atoms with Crippen LogP contribution in [-0.2, 0) is 9.53 Å². The lowest BCUT2D eigenvalue weighted by Crippen LogP contribution is -2.46. The van der Waals surface area contributed by atoms with Crippen molar-refractivity contribution in [1.29, 1.82) is 0 Å². The highest BCUT2D eigenvalue weighted by molar-refractivity contribution is 7.18.